The van der Waals surface area contributed by atoms with Crippen molar-refractivity contribution in [3.8, 4) is 0 Å². The predicted molar refractivity (Wildman–Crippen MR) is 86.5 cm³/mol. The molecule has 0 aromatic heterocycles. The normalized spacial score (nSPS) is 24.5. The van der Waals surface area contributed by atoms with Gasteiger partial charge in [-0.15, -0.1) is 6.58 Å². The van der Waals surface area contributed by atoms with Gasteiger partial charge in [0, 0.05) is 19.6 Å². The summed E-state index contributed by atoms with van der Waals surface area (Å²) in [6.45, 7) is 11.4. The van der Waals surface area contributed by atoms with Crippen LogP contribution in [0.25, 0.3) is 0 Å². The van der Waals surface area contributed by atoms with Gasteiger partial charge in [0.25, 0.3) is 6.02 Å². The van der Waals surface area contributed by atoms with Crippen LogP contribution in [0.5, 0.6) is 0 Å². The van der Waals surface area contributed by atoms with Gasteiger partial charge >= 0.3 is 0 Å². The number of likely N-dealkylation sites (tertiary alicyclic amines) is 1. The Labute approximate surface area is 128 Å². The standard InChI is InChI=1S/C16H30FN3O/c1-7-16(4,13(3)17)20(6)15(18-8-2)21-12-14-10-9-11-19(14)5/h7,13-14H,1,8-12H2,2-6H3/t13?,14-,16+/m0/s1. The van der Waals surface area contributed by atoms with Gasteiger partial charge in [-0.2, -0.15) is 0 Å². The lowest BCUT2D eigenvalue weighted by Gasteiger charge is -2.39. The molecule has 5 heteroatoms. The van der Waals surface area contributed by atoms with E-state index in [1.54, 1.807) is 17.9 Å². The van der Waals surface area contributed by atoms with E-state index in [1.807, 2.05) is 14.0 Å². The third kappa shape index (κ3) is 4.19. The van der Waals surface area contributed by atoms with Crippen LogP contribution in [0.2, 0.25) is 0 Å². The van der Waals surface area contributed by atoms with Crippen LogP contribution in [0.4, 0.5) is 4.39 Å². The number of alkyl halides is 1. The van der Waals surface area contributed by atoms with E-state index in [1.165, 1.54) is 13.3 Å². The Morgan fingerprint density at radius 2 is 2.33 bits per heavy atom. The molecule has 0 aliphatic carbocycles. The molecule has 1 heterocycles. The molecule has 3 atom stereocenters. The summed E-state index contributed by atoms with van der Waals surface area (Å²) in [7, 11) is 3.92. The second kappa shape index (κ2) is 7.78. The molecule has 0 saturated carbocycles. The minimum Gasteiger partial charge on any atom is -0.463 e. The number of aliphatic imine (C=N–C) groups is 1. The fourth-order valence-corrected chi connectivity index (χ4v) is 2.52. The van der Waals surface area contributed by atoms with Gasteiger partial charge in [0.2, 0.25) is 0 Å². The lowest BCUT2D eigenvalue weighted by atomic mass is 9.96. The Kier molecular flexibility index (Phi) is 6.65. The van der Waals surface area contributed by atoms with Crippen LogP contribution in [0.15, 0.2) is 17.6 Å². The van der Waals surface area contributed by atoms with Crippen LogP contribution in [0, 0.1) is 0 Å². The van der Waals surface area contributed by atoms with Gasteiger partial charge in [-0.3, -0.25) is 0 Å². The number of amidine groups is 1. The Bertz CT molecular complexity index is 373. The first-order valence-corrected chi connectivity index (χ1v) is 7.75. The molecule has 0 radical (unpaired) electrons. The molecule has 1 fully saturated rings. The van der Waals surface area contributed by atoms with Crippen molar-refractivity contribution in [3.05, 3.63) is 12.7 Å². The second-order valence-corrected chi connectivity index (χ2v) is 5.95. The molecule has 1 aliphatic heterocycles. The summed E-state index contributed by atoms with van der Waals surface area (Å²) in [6.07, 6.45) is 2.89. The predicted octanol–water partition coefficient (Wildman–Crippen LogP) is 2.71. The third-order valence-electron chi connectivity index (χ3n) is 4.60. The summed E-state index contributed by atoms with van der Waals surface area (Å²) in [4.78, 5) is 8.45. The largest absolute Gasteiger partial charge is 0.463 e. The van der Waals surface area contributed by atoms with Crippen LogP contribution in [0.1, 0.15) is 33.6 Å². The van der Waals surface area contributed by atoms with Gasteiger partial charge in [0.1, 0.15) is 12.8 Å². The molecular weight excluding hydrogens is 269 g/mol. The zero-order valence-electron chi connectivity index (χ0n) is 14.1. The molecule has 0 spiro atoms. The number of hydrogen-bond donors (Lipinski definition) is 0. The zero-order valence-corrected chi connectivity index (χ0v) is 14.1. The van der Waals surface area contributed by atoms with E-state index in [9.17, 15) is 4.39 Å². The van der Waals surface area contributed by atoms with E-state index in [2.05, 4.69) is 23.5 Å². The summed E-state index contributed by atoms with van der Waals surface area (Å²) in [5.74, 6) is 0. The highest BCUT2D eigenvalue weighted by atomic mass is 19.1. The molecule has 21 heavy (non-hydrogen) atoms. The van der Waals surface area contributed by atoms with Crippen LogP contribution < -0.4 is 0 Å². The average molecular weight is 299 g/mol. The van der Waals surface area contributed by atoms with Crippen LogP contribution in [0.3, 0.4) is 0 Å². The molecule has 1 saturated heterocycles. The minimum atomic E-state index is -1.07. The Hall–Kier alpha value is -1.10. The van der Waals surface area contributed by atoms with Crippen molar-refractivity contribution in [1.29, 1.82) is 0 Å². The number of likely N-dealkylation sites (N-methyl/N-ethyl adjacent to an activating group) is 2. The maximum atomic E-state index is 14.0. The molecule has 1 unspecified atom stereocenters. The maximum Gasteiger partial charge on any atom is 0.287 e. The molecule has 0 bridgehead atoms. The maximum absolute atomic E-state index is 14.0. The van der Waals surface area contributed by atoms with Crippen molar-refractivity contribution in [2.75, 3.05) is 33.8 Å². The van der Waals surface area contributed by atoms with Crippen molar-refractivity contribution >= 4 is 6.02 Å². The smallest absolute Gasteiger partial charge is 0.287 e. The molecule has 122 valence electrons. The van der Waals surface area contributed by atoms with E-state index in [0.717, 1.165) is 13.0 Å². The fourth-order valence-electron chi connectivity index (χ4n) is 2.52. The SMILES string of the molecule is C=C[C@](C)(C(C)F)N(C)C(=NCC)OC[C@@H]1CCCN1C. The highest BCUT2D eigenvalue weighted by Crippen LogP contribution is 2.23. The lowest BCUT2D eigenvalue weighted by Crippen LogP contribution is -2.52. The minimum absolute atomic E-state index is 0.415. The molecule has 0 N–H and O–H groups in total. The highest BCUT2D eigenvalue weighted by molar-refractivity contribution is 5.75. The second-order valence-electron chi connectivity index (χ2n) is 5.95. The first-order chi connectivity index (χ1) is 9.86. The lowest BCUT2D eigenvalue weighted by molar-refractivity contribution is 0.104. The number of ether oxygens (including phenoxy) is 1. The van der Waals surface area contributed by atoms with E-state index in [-0.39, 0.29) is 0 Å². The van der Waals surface area contributed by atoms with E-state index in [4.69, 9.17) is 4.74 Å². The van der Waals surface area contributed by atoms with Gasteiger partial charge < -0.3 is 14.5 Å². The quantitative estimate of drug-likeness (QED) is 0.429. The van der Waals surface area contributed by atoms with Crippen molar-refractivity contribution in [3.63, 3.8) is 0 Å². The molecule has 0 aromatic carbocycles. The fraction of sp³-hybridized carbons (Fsp3) is 0.812. The van der Waals surface area contributed by atoms with Crippen LogP contribution >= 0.6 is 0 Å². The number of hydrogen-bond acceptors (Lipinski definition) is 3. The highest BCUT2D eigenvalue weighted by Gasteiger charge is 2.36. The van der Waals surface area contributed by atoms with Gasteiger partial charge in [0.15, 0.2) is 0 Å². The van der Waals surface area contributed by atoms with E-state index < -0.39 is 11.7 Å². The summed E-state index contributed by atoms with van der Waals surface area (Å²) < 4.78 is 19.9. The summed E-state index contributed by atoms with van der Waals surface area (Å²) in [5, 5.41) is 0. The van der Waals surface area contributed by atoms with Crippen molar-refractivity contribution < 1.29 is 9.13 Å². The first-order valence-electron chi connectivity index (χ1n) is 7.75. The number of nitrogens with zero attached hydrogens (tertiary/aromatic N) is 3. The molecule has 0 aromatic rings. The van der Waals surface area contributed by atoms with Crippen molar-refractivity contribution in [2.24, 2.45) is 4.99 Å². The van der Waals surface area contributed by atoms with Gasteiger partial charge in [-0.05, 0) is 47.2 Å². The molecule has 0 amide bonds. The number of rotatable bonds is 6. The molecular formula is C16H30FN3O. The van der Waals surface area contributed by atoms with Gasteiger partial charge in [-0.1, -0.05) is 6.08 Å². The topological polar surface area (TPSA) is 28.1 Å². The molecule has 4 nitrogen and oxygen atoms in total. The Morgan fingerprint density at radius 3 is 2.76 bits per heavy atom. The van der Waals surface area contributed by atoms with E-state index in [0.29, 0.717) is 25.2 Å². The number of halogens is 1. The van der Waals surface area contributed by atoms with Crippen LogP contribution in [-0.4, -0.2) is 67.4 Å². The third-order valence-corrected chi connectivity index (χ3v) is 4.60. The van der Waals surface area contributed by atoms with Crippen LogP contribution in [-0.2, 0) is 4.74 Å². The summed E-state index contributed by atoms with van der Waals surface area (Å²) >= 11 is 0. The Balaban J connectivity index is 2.76. The molecule has 1 aliphatic rings. The Morgan fingerprint density at radius 1 is 1.67 bits per heavy atom. The average Bonchev–Trinajstić information content (AvgIpc) is 2.86. The van der Waals surface area contributed by atoms with E-state index >= 15 is 0 Å². The van der Waals surface area contributed by atoms with Crippen molar-refractivity contribution in [1.82, 2.24) is 9.80 Å². The van der Waals surface area contributed by atoms with Crippen molar-refractivity contribution in [2.45, 2.75) is 51.4 Å². The molecule has 1 rings (SSSR count). The van der Waals surface area contributed by atoms with Gasteiger partial charge in [0.05, 0.1) is 5.54 Å². The summed E-state index contributed by atoms with van der Waals surface area (Å²) in [5.41, 5.74) is -0.824. The monoisotopic (exact) mass is 299 g/mol. The summed E-state index contributed by atoms with van der Waals surface area (Å²) in [6, 6.07) is 0.906. The zero-order chi connectivity index (χ0) is 16.0. The first kappa shape index (κ1) is 18.0. The van der Waals surface area contributed by atoms with Gasteiger partial charge in [-0.25, -0.2) is 9.38 Å².